The number of rotatable bonds is 5. The van der Waals surface area contributed by atoms with Crippen molar-refractivity contribution < 1.29 is 17.6 Å². The molecule has 1 unspecified atom stereocenters. The Morgan fingerprint density at radius 2 is 1.66 bits per heavy atom. The number of hydrogen-bond acceptors (Lipinski definition) is 4. The Balaban J connectivity index is 1.65. The lowest BCUT2D eigenvalue weighted by Crippen LogP contribution is -2.27. The number of carbonyl (C=O) groups is 1. The zero-order valence-electron chi connectivity index (χ0n) is 17.9. The van der Waals surface area contributed by atoms with Gasteiger partial charge in [0.1, 0.15) is 11.2 Å². The van der Waals surface area contributed by atoms with Crippen molar-refractivity contribution in [3.63, 3.8) is 0 Å². The predicted molar refractivity (Wildman–Crippen MR) is 127 cm³/mol. The van der Waals surface area contributed by atoms with E-state index in [1.54, 1.807) is 49.1 Å². The van der Waals surface area contributed by atoms with Gasteiger partial charge in [-0.05, 0) is 73.9 Å². The van der Waals surface area contributed by atoms with E-state index in [9.17, 15) is 17.6 Å². The normalized spacial score (nSPS) is 16.4. The first-order chi connectivity index (χ1) is 15.2. The minimum Gasteiger partial charge on any atom is -0.295 e. The summed E-state index contributed by atoms with van der Waals surface area (Å²) < 4.78 is 42.3. The zero-order chi connectivity index (χ0) is 23.0. The van der Waals surface area contributed by atoms with Crippen LogP contribution in [0.25, 0.3) is 0 Å². The van der Waals surface area contributed by atoms with E-state index >= 15 is 0 Å². The molecule has 1 aliphatic rings. The quantitative estimate of drug-likeness (QED) is 0.547. The summed E-state index contributed by atoms with van der Waals surface area (Å²) >= 11 is 1.45. The van der Waals surface area contributed by atoms with Gasteiger partial charge in [-0.1, -0.05) is 29.8 Å². The average Bonchev–Trinajstić information content (AvgIpc) is 3.09. The summed E-state index contributed by atoms with van der Waals surface area (Å²) in [6.07, 6.45) is 0. The number of thioether (sulfide) groups is 1. The third-order valence-corrected chi connectivity index (χ3v) is 8.17. The third kappa shape index (κ3) is 4.38. The van der Waals surface area contributed by atoms with Gasteiger partial charge in [-0.2, -0.15) is 0 Å². The SMILES string of the molecule is Cc1cc(C)c(S(=O)(=O)Nc2cccc(C3SCC(=O)N3c3ccc(F)cc3)c2)c(C)c1. The molecule has 32 heavy (non-hydrogen) atoms. The van der Waals surface area contributed by atoms with Crippen LogP contribution in [0.2, 0.25) is 0 Å². The summed E-state index contributed by atoms with van der Waals surface area (Å²) in [5, 5.41) is -0.333. The van der Waals surface area contributed by atoms with Crippen LogP contribution >= 0.6 is 11.8 Å². The molecule has 5 nitrogen and oxygen atoms in total. The predicted octanol–water partition coefficient (Wildman–Crippen LogP) is 5.33. The molecule has 3 aromatic rings. The number of sulfonamides is 1. The first-order valence-electron chi connectivity index (χ1n) is 10.1. The summed E-state index contributed by atoms with van der Waals surface area (Å²) in [4.78, 5) is 14.4. The third-order valence-electron chi connectivity index (χ3n) is 5.27. The molecular weight excluding hydrogens is 447 g/mol. The second-order valence-electron chi connectivity index (χ2n) is 7.86. The van der Waals surface area contributed by atoms with Gasteiger partial charge in [-0.25, -0.2) is 12.8 Å². The second-order valence-corrected chi connectivity index (χ2v) is 10.6. The fourth-order valence-corrected chi connectivity index (χ4v) is 6.78. The van der Waals surface area contributed by atoms with Gasteiger partial charge in [-0.15, -0.1) is 11.8 Å². The minimum absolute atomic E-state index is 0.0801. The van der Waals surface area contributed by atoms with Gasteiger partial charge in [0.15, 0.2) is 0 Å². The standard InChI is InChI=1S/C24H23FN2O3S2/c1-15-11-16(2)23(17(3)12-15)32(29,30)26-20-6-4-5-18(13-20)24-27(22(28)14-31-24)21-9-7-19(25)8-10-21/h4-13,24,26H,14H2,1-3H3. The monoisotopic (exact) mass is 470 g/mol. The number of halogens is 1. The smallest absolute Gasteiger partial charge is 0.262 e. The number of aryl methyl sites for hydroxylation is 3. The fraction of sp³-hybridized carbons (Fsp3) is 0.208. The van der Waals surface area contributed by atoms with Crippen LogP contribution in [0.15, 0.2) is 65.6 Å². The van der Waals surface area contributed by atoms with Gasteiger partial charge < -0.3 is 0 Å². The highest BCUT2D eigenvalue weighted by molar-refractivity contribution is 8.00. The van der Waals surface area contributed by atoms with Crippen molar-refractivity contribution in [3.8, 4) is 0 Å². The summed E-state index contributed by atoms with van der Waals surface area (Å²) in [7, 11) is -3.79. The largest absolute Gasteiger partial charge is 0.295 e. The molecule has 0 radical (unpaired) electrons. The molecule has 1 atom stereocenters. The summed E-state index contributed by atoms with van der Waals surface area (Å²) in [6, 6.07) is 16.5. The highest BCUT2D eigenvalue weighted by Gasteiger charge is 2.34. The van der Waals surface area contributed by atoms with Crippen molar-refractivity contribution in [1.82, 2.24) is 0 Å². The number of benzene rings is 3. The van der Waals surface area contributed by atoms with Gasteiger partial charge in [0.2, 0.25) is 5.91 Å². The summed E-state index contributed by atoms with van der Waals surface area (Å²) in [5.41, 5.74) is 4.17. The van der Waals surface area contributed by atoms with E-state index in [-0.39, 0.29) is 22.0 Å². The van der Waals surface area contributed by atoms with Gasteiger partial charge in [0, 0.05) is 11.4 Å². The van der Waals surface area contributed by atoms with Crippen molar-refractivity contribution in [1.29, 1.82) is 0 Å². The highest BCUT2D eigenvalue weighted by Crippen LogP contribution is 2.42. The van der Waals surface area contributed by atoms with Crippen molar-refractivity contribution in [2.24, 2.45) is 0 Å². The molecular formula is C24H23FN2O3S2. The van der Waals surface area contributed by atoms with E-state index in [0.29, 0.717) is 28.3 Å². The molecule has 1 amide bonds. The van der Waals surface area contributed by atoms with Crippen molar-refractivity contribution in [2.75, 3.05) is 15.4 Å². The van der Waals surface area contributed by atoms with Crippen LogP contribution in [-0.4, -0.2) is 20.1 Å². The molecule has 0 bridgehead atoms. The van der Waals surface area contributed by atoms with Crippen molar-refractivity contribution >= 4 is 39.1 Å². The molecule has 0 aromatic heterocycles. The van der Waals surface area contributed by atoms with E-state index < -0.39 is 10.0 Å². The minimum atomic E-state index is -3.79. The molecule has 4 rings (SSSR count). The molecule has 0 saturated carbocycles. The van der Waals surface area contributed by atoms with Crippen LogP contribution in [0.1, 0.15) is 27.6 Å². The Morgan fingerprint density at radius 1 is 1.00 bits per heavy atom. The van der Waals surface area contributed by atoms with E-state index in [1.165, 1.54) is 23.9 Å². The molecule has 1 aliphatic heterocycles. The number of anilines is 2. The molecule has 1 N–H and O–H groups in total. The molecule has 1 fully saturated rings. The van der Waals surface area contributed by atoms with Gasteiger partial charge in [0.05, 0.1) is 10.6 Å². The molecule has 166 valence electrons. The molecule has 1 saturated heterocycles. The lowest BCUT2D eigenvalue weighted by atomic mass is 10.1. The van der Waals surface area contributed by atoms with Crippen LogP contribution < -0.4 is 9.62 Å². The van der Waals surface area contributed by atoms with Gasteiger partial charge in [0.25, 0.3) is 10.0 Å². The van der Waals surface area contributed by atoms with Crippen LogP contribution in [0, 0.1) is 26.6 Å². The van der Waals surface area contributed by atoms with Gasteiger partial charge in [-0.3, -0.25) is 14.4 Å². The van der Waals surface area contributed by atoms with Gasteiger partial charge >= 0.3 is 0 Å². The number of hydrogen-bond donors (Lipinski definition) is 1. The summed E-state index contributed by atoms with van der Waals surface area (Å²) in [6.45, 7) is 5.50. The maximum Gasteiger partial charge on any atom is 0.262 e. The lowest BCUT2D eigenvalue weighted by molar-refractivity contribution is -0.115. The number of amides is 1. The number of nitrogens with zero attached hydrogens (tertiary/aromatic N) is 1. The van der Waals surface area contributed by atoms with Crippen LogP contribution in [0.4, 0.5) is 15.8 Å². The molecule has 0 aliphatic carbocycles. The first kappa shape index (κ1) is 22.4. The van der Waals surface area contributed by atoms with Crippen LogP contribution in [0.3, 0.4) is 0 Å². The maximum atomic E-state index is 13.3. The number of nitrogens with one attached hydrogen (secondary N) is 1. The lowest BCUT2D eigenvalue weighted by Gasteiger charge is -2.25. The Hall–Kier alpha value is -2.84. The second kappa shape index (κ2) is 8.60. The van der Waals surface area contributed by atoms with Crippen LogP contribution in [-0.2, 0) is 14.8 Å². The fourth-order valence-electron chi connectivity index (χ4n) is 4.10. The molecule has 0 spiro atoms. The highest BCUT2D eigenvalue weighted by atomic mass is 32.2. The van der Waals surface area contributed by atoms with Crippen molar-refractivity contribution in [2.45, 2.75) is 31.0 Å². The van der Waals surface area contributed by atoms with E-state index in [4.69, 9.17) is 0 Å². The Labute approximate surface area is 191 Å². The topological polar surface area (TPSA) is 66.5 Å². The molecule has 3 aromatic carbocycles. The van der Waals surface area contributed by atoms with E-state index in [0.717, 1.165) is 11.1 Å². The summed E-state index contributed by atoms with van der Waals surface area (Å²) in [5.74, 6) is -0.161. The average molecular weight is 471 g/mol. The molecule has 1 heterocycles. The zero-order valence-corrected chi connectivity index (χ0v) is 19.6. The Bertz CT molecular complexity index is 1270. The van der Waals surface area contributed by atoms with E-state index in [1.807, 2.05) is 25.1 Å². The maximum absolute atomic E-state index is 13.3. The Morgan fingerprint density at radius 3 is 2.31 bits per heavy atom. The van der Waals surface area contributed by atoms with E-state index in [2.05, 4.69) is 4.72 Å². The Kier molecular flexibility index (Phi) is 6.01. The first-order valence-corrected chi connectivity index (χ1v) is 12.6. The molecule has 8 heteroatoms. The van der Waals surface area contributed by atoms with Crippen molar-refractivity contribution in [3.05, 3.63) is 88.7 Å². The van der Waals surface area contributed by atoms with Crippen LogP contribution in [0.5, 0.6) is 0 Å². The number of carbonyl (C=O) groups excluding carboxylic acids is 1.